The van der Waals surface area contributed by atoms with Crippen LogP contribution in [0.2, 0.25) is 0 Å². The van der Waals surface area contributed by atoms with Crippen molar-refractivity contribution in [2.24, 2.45) is 0 Å². The van der Waals surface area contributed by atoms with Crippen molar-refractivity contribution >= 4 is 22.3 Å². The van der Waals surface area contributed by atoms with Gasteiger partial charge in [0.15, 0.2) is 4.96 Å². The number of hydrogen-bond acceptors (Lipinski definition) is 4. The average Bonchev–Trinajstić information content (AvgIpc) is 2.97. The normalized spacial score (nSPS) is 11.0. The number of carboxylic acids is 1. The standard InChI is InChI=1S/C16H16N2O3S/c1-9-10(2)22-16-17-15(13(18(9)16)8-14(19)20)11-5-4-6-12(7-11)21-3/h4-7H,8H2,1-3H3,(H,19,20). The second-order valence-corrected chi connectivity index (χ2v) is 6.25. The minimum atomic E-state index is -0.866. The molecule has 2 heterocycles. The first-order chi connectivity index (χ1) is 10.5. The summed E-state index contributed by atoms with van der Waals surface area (Å²) >= 11 is 1.57. The van der Waals surface area contributed by atoms with Crippen LogP contribution in [0.25, 0.3) is 16.2 Å². The van der Waals surface area contributed by atoms with E-state index >= 15 is 0 Å². The second-order valence-electron chi connectivity index (χ2n) is 5.07. The molecule has 0 saturated carbocycles. The Bertz CT molecular complexity index is 864. The highest BCUT2D eigenvalue weighted by molar-refractivity contribution is 7.17. The lowest BCUT2D eigenvalue weighted by molar-refractivity contribution is -0.136. The molecule has 0 saturated heterocycles. The maximum Gasteiger partial charge on any atom is 0.309 e. The molecule has 114 valence electrons. The molecule has 1 N–H and O–H groups in total. The number of benzene rings is 1. The molecular formula is C16H16N2O3S. The summed E-state index contributed by atoms with van der Waals surface area (Å²) in [5, 5.41) is 9.25. The lowest BCUT2D eigenvalue weighted by atomic mass is 10.1. The molecule has 22 heavy (non-hydrogen) atoms. The molecule has 0 atom stereocenters. The lowest BCUT2D eigenvalue weighted by Crippen LogP contribution is -2.05. The van der Waals surface area contributed by atoms with E-state index in [1.165, 1.54) is 0 Å². The van der Waals surface area contributed by atoms with Gasteiger partial charge in [0.1, 0.15) is 5.75 Å². The fourth-order valence-electron chi connectivity index (χ4n) is 2.52. The number of nitrogens with zero attached hydrogens (tertiary/aromatic N) is 2. The van der Waals surface area contributed by atoms with Gasteiger partial charge in [-0.3, -0.25) is 9.20 Å². The number of imidazole rings is 1. The van der Waals surface area contributed by atoms with Gasteiger partial charge < -0.3 is 9.84 Å². The number of carbonyl (C=O) groups is 1. The van der Waals surface area contributed by atoms with E-state index in [2.05, 4.69) is 4.98 Å². The Balaban J connectivity index is 2.25. The highest BCUT2D eigenvalue weighted by atomic mass is 32.1. The lowest BCUT2D eigenvalue weighted by Gasteiger charge is -2.06. The van der Waals surface area contributed by atoms with Gasteiger partial charge in [-0.25, -0.2) is 4.98 Å². The quantitative estimate of drug-likeness (QED) is 0.802. The van der Waals surface area contributed by atoms with Gasteiger partial charge in [0.2, 0.25) is 0 Å². The Kier molecular flexibility index (Phi) is 3.62. The first-order valence-corrected chi connectivity index (χ1v) is 7.66. The van der Waals surface area contributed by atoms with Crippen LogP contribution in [0.3, 0.4) is 0 Å². The van der Waals surface area contributed by atoms with Gasteiger partial charge in [-0.15, -0.1) is 11.3 Å². The van der Waals surface area contributed by atoms with Crippen molar-refractivity contribution in [3.63, 3.8) is 0 Å². The molecule has 5 nitrogen and oxygen atoms in total. The van der Waals surface area contributed by atoms with Crippen LogP contribution in [0, 0.1) is 13.8 Å². The van der Waals surface area contributed by atoms with Crippen LogP contribution >= 0.6 is 11.3 Å². The number of aromatic nitrogens is 2. The molecule has 0 aliphatic heterocycles. The zero-order valence-corrected chi connectivity index (χ0v) is 13.4. The molecule has 0 radical (unpaired) electrons. The summed E-state index contributed by atoms with van der Waals surface area (Å²) < 4.78 is 7.19. The zero-order valence-electron chi connectivity index (χ0n) is 12.6. The molecule has 3 aromatic rings. The Hall–Kier alpha value is -2.34. The fourth-order valence-corrected chi connectivity index (χ4v) is 3.51. The first kappa shape index (κ1) is 14.6. The topological polar surface area (TPSA) is 63.8 Å². The molecule has 1 aromatic carbocycles. The molecule has 0 spiro atoms. The summed E-state index contributed by atoms with van der Waals surface area (Å²) in [5.74, 6) is -0.141. The minimum absolute atomic E-state index is 0.0648. The van der Waals surface area contributed by atoms with Crippen LogP contribution in [-0.4, -0.2) is 27.6 Å². The highest BCUT2D eigenvalue weighted by Gasteiger charge is 2.20. The van der Waals surface area contributed by atoms with Crippen molar-refractivity contribution in [1.82, 2.24) is 9.38 Å². The van der Waals surface area contributed by atoms with E-state index in [-0.39, 0.29) is 6.42 Å². The van der Waals surface area contributed by atoms with E-state index < -0.39 is 5.97 Å². The van der Waals surface area contributed by atoms with Crippen molar-refractivity contribution in [2.45, 2.75) is 20.3 Å². The van der Waals surface area contributed by atoms with Gasteiger partial charge >= 0.3 is 5.97 Å². The Morgan fingerprint density at radius 3 is 2.86 bits per heavy atom. The minimum Gasteiger partial charge on any atom is -0.497 e. The predicted octanol–water partition coefficient (Wildman–Crippen LogP) is 3.32. The van der Waals surface area contributed by atoms with Crippen LogP contribution in [0.1, 0.15) is 16.3 Å². The summed E-state index contributed by atoms with van der Waals surface area (Å²) in [6.45, 7) is 4.01. The molecule has 0 bridgehead atoms. The maximum absolute atomic E-state index is 11.3. The summed E-state index contributed by atoms with van der Waals surface area (Å²) in [4.78, 5) is 17.9. The van der Waals surface area contributed by atoms with Gasteiger partial charge in [0.05, 0.1) is 24.9 Å². The Morgan fingerprint density at radius 1 is 1.41 bits per heavy atom. The third kappa shape index (κ3) is 2.35. The molecule has 0 amide bonds. The van der Waals surface area contributed by atoms with E-state index in [9.17, 15) is 9.90 Å². The number of aryl methyl sites for hydroxylation is 2. The van der Waals surface area contributed by atoms with Gasteiger partial charge in [0.25, 0.3) is 0 Å². The highest BCUT2D eigenvalue weighted by Crippen LogP contribution is 2.32. The van der Waals surface area contributed by atoms with Gasteiger partial charge in [0, 0.05) is 16.1 Å². The number of carboxylic acid groups (broad SMARTS) is 1. The number of methoxy groups -OCH3 is 1. The van der Waals surface area contributed by atoms with Crippen LogP contribution in [0.4, 0.5) is 0 Å². The van der Waals surface area contributed by atoms with Crippen LogP contribution in [0.15, 0.2) is 24.3 Å². The molecule has 0 aliphatic rings. The first-order valence-electron chi connectivity index (χ1n) is 6.84. The molecule has 6 heteroatoms. The zero-order chi connectivity index (χ0) is 15.9. The van der Waals surface area contributed by atoms with Crippen molar-refractivity contribution in [1.29, 1.82) is 0 Å². The molecular weight excluding hydrogens is 300 g/mol. The SMILES string of the molecule is COc1cccc(-c2nc3sc(C)c(C)n3c2CC(=O)O)c1. The largest absolute Gasteiger partial charge is 0.497 e. The smallest absolute Gasteiger partial charge is 0.309 e. The Labute approximate surface area is 131 Å². The maximum atomic E-state index is 11.3. The van der Waals surface area contributed by atoms with Crippen molar-refractivity contribution in [2.75, 3.05) is 7.11 Å². The number of thiazole rings is 1. The number of fused-ring (bicyclic) bond motifs is 1. The third-order valence-electron chi connectivity index (χ3n) is 3.69. The van der Waals surface area contributed by atoms with E-state index in [4.69, 9.17) is 4.74 Å². The van der Waals surface area contributed by atoms with Gasteiger partial charge in [-0.05, 0) is 26.0 Å². The van der Waals surface area contributed by atoms with Crippen molar-refractivity contribution in [3.8, 4) is 17.0 Å². The number of hydrogen-bond donors (Lipinski definition) is 1. The van der Waals surface area contributed by atoms with E-state index in [1.54, 1.807) is 18.4 Å². The van der Waals surface area contributed by atoms with Gasteiger partial charge in [-0.1, -0.05) is 12.1 Å². The van der Waals surface area contributed by atoms with E-state index in [0.717, 1.165) is 26.8 Å². The molecule has 0 aliphatic carbocycles. The van der Waals surface area contributed by atoms with Crippen LogP contribution < -0.4 is 4.74 Å². The fraction of sp³-hybridized carbons (Fsp3) is 0.250. The molecule has 3 rings (SSSR count). The summed E-state index contributed by atoms with van der Waals surface area (Å²) in [7, 11) is 1.61. The molecule has 0 unspecified atom stereocenters. The Morgan fingerprint density at radius 2 is 2.18 bits per heavy atom. The molecule has 0 fully saturated rings. The van der Waals surface area contributed by atoms with Crippen molar-refractivity contribution in [3.05, 3.63) is 40.5 Å². The number of aliphatic carboxylic acids is 1. The number of rotatable bonds is 4. The second kappa shape index (κ2) is 5.46. The summed E-state index contributed by atoms with van der Waals surface area (Å²) in [5.41, 5.74) is 3.31. The van der Waals surface area contributed by atoms with Gasteiger partial charge in [-0.2, -0.15) is 0 Å². The predicted molar refractivity (Wildman–Crippen MR) is 85.9 cm³/mol. The average molecular weight is 316 g/mol. The van der Waals surface area contributed by atoms with E-state index in [1.807, 2.05) is 42.5 Å². The molecule has 2 aromatic heterocycles. The van der Waals surface area contributed by atoms with E-state index in [0.29, 0.717) is 11.4 Å². The third-order valence-corrected chi connectivity index (χ3v) is 4.75. The van der Waals surface area contributed by atoms with Crippen LogP contribution in [-0.2, 0) is 11.2 Å². The van der Waals surface area contributed by atoms with Crippen LogP contribution in [0.5, 0.6) is 5.75 Å². The summed E-state index contributed by atoms with van der Waals surface area (Å²) in [6, 6.07) is 7.53. The number of ether oxygens (including phenoxy) is 1. The monoisotopic (exact) mass is 316 g/mol. The van der Waals surface area contributed by atoms with Crippen molar-refractivity contribution < 1.29 is 14.6 Å². The summed E-state index contributed by atoms with van der Waals surface area (Å²) in [6.07, 6.45) is -0.0648.